The summed E-state index contributed by atoms with van der Waals surface area (Å²) in [5.41, 5.74) is 1.35. The van der Waals surface area contributed by atoms with Crippen LogP contribution >= 0.6 is 0 Å². The van der Waals surface area contributed by atoms with E-state index >= 15 is 0 Å². The van der Waals surface area contributed by atoms with Crippen molar-refractivity contribution < 1.29 is 14.5 Å². The van der Waals surface area contributed by atoms with E-state index in [0.717, 1.165) is 11.3 Å². The number of nitrogens with zero attached hydrogens (tertiary/aromatic N) is 2. The van der Waals surface area contributed by atoms with Gasteiger partial charge in [-0.05, 0) is 17.7 Å². The standard InChI is InChI=1S/C17H18N2O4/c1-18(12-13-7-9-15(23-2)10-8-13)17(20)11-14-5-3-4-6-16(14)19(21)22/h3-10H,11-12H2,1-2H3. The van der Waals surface area contributed by atoms with Gasteiger partial charge in [0.15, 0.2) is 0 Å². The van der Waals surface area contributed by atoms with Gasteiger partial charge in [-0.2, -0.15) is 0 Å². The second-order valence-electron chi connectivity index (χ2n) is 5.16. The normalized spacial score (nSPS) is 10.2. The van der Waals surface area contributed by atoms with Crippen molar-refractivity contribution in [3.63, 3.8) is 0 Å². The van der Waals surface area contributed by atoms with E-state index in [9.17, 15) is 14.9 Å². The lowest BCUT2D eigenvalue weighted by atomic mass is 10.1. The van der Waals surface area contributed by atoms with Crippen LogP contribution in [0.15, 0.2) is 48.5 Å². The lowest BCUT2D eigenvalue weighted by Gasteiger charge is -2.17. The van der Waals surface area contributed by atoms with E-state index in [1.54, 1.807) is 37.3 Å². The van der Waals surface area contributed by atoms with Gasteiger partial charge in [-0.3, -0.25) is 14.9 Å². The molecule has 0 heterocycles. The molecule has 2 rings (SSSR count). The minimum atomic E-state index is -0.466. The van der Waals surface area contributed by atoms with E-state index in [1.807, 2.05) is 24.3 Å². The number of hydrogen-bond donors (Lipinski definition) is 0. The van der Waals surface area contributed by atoms with Gasteiger partial charge in [0.05, 0.1) is 18.5 Å². The fourth-order valence-corrected chi connectivity index (χ4v) is 2.23. The number of methoxy groups -OCH3 is 1. The van der Waals surface area contributed by atoms with Crippen LogP contribution in [-0.2, 0) is 17.8 Å². The Bertz CT molecular complexity index is 698. The van der Waals surface area contributed by atoms with Crippen LogP contribution < -0.4 is 4.74 Å². The number of likely N-dealkylation sites (N-methyl/N-ethyl adjacent to an activating group) is 1. The molecule has 0 fully saturated rings. The van der Waals surface area contributed by atoms with Crippen molar-refractivity contribution in [2.45, 2.75) is 13.0 Å². The Morgan fingerprint density at radius 1 is 1.17 bits per heavy atom. The predicted octanol–water partition coefficient (Wildman–Crippen LogP) is 2.80. The molecule has 120 valence electrons. The summed E-state index contributed by atoms with van der Waals surface area (Å²) in [6, 6.07) is 13.7. The van der Waals surface area contributed by atoms with Gasteiger partial charge in [0.1, 0.15) is 5.75 Å². The molecule has 0 spiro atoms. The highest BCUT2D eigenvalue weighted by Gasteiger charge is 2.17. The number of rotatable bonds is 6. The third-order valence-corrected chi connectivity index (χ3v) is 3.53. The molecule has 6 nitrogen and oxygen atoms in total. The monoisotopic (exact) mass is 314 g/mol. The predicted molar refractivity (Wildman–Crippen MR) is 86.3 cm³/mol. The first-order chi connectivity index (χ1) is 11.0. The Morgan fingerprint density at radius 3 is 2.43 bits per heavy atom. The zero-order valence-electron chi connectivity index (χ0n) is 13.1. The van der Waals surface area contributed by atoms with Crippen LogP contribution in [-0.4, -0.2) is 29.9 Å². The number of benzene rings is 2. The van der Waals surface area contributed by atoms with Crippen LogP contribution in [0.3, 0.4) is 0 Å². The summed E-state index contributed by atoms with van der Waals surface area (Å²) in [6.45, 7) is 0.434. The van der Waals surface area contributed by atoms with Crippen molar-refractivity contribution in [3.8, 4) is 5.75 Å². The molecule has 1 amide bonds. The Kier molecular flexibility index (Phi) is 5.30. The minimum absolute atomic E-state index is 0.00378. The van der Waals surface area contributed by atoms with Crippen molar-refractivity contribution in [1.82, 2.24) is 4.90 Å². The maximum absolute atomic E-state index is 12.3. The lowest BCUT2D eigenvalue weighted by molar-refractivity contribution is -0.385. The third kappa shape index (κ3) is 4.29. The van der Waals surface area contributed by atoms with Gasteiger partial charge in [0, 0.05) is 25.2 Å². The molecule has 0 saturated carbocycles. The summed E-state index contributed by atoms with van der Waals surface area (Å²) in [5.74, 6) is 0.581. The Balaban J connectivity index is 2.04. The Morgan fingerprint density at radius 2 is 1.83 bits per heavy atom. The highest BCUT2D eigenvalue weighted by Crippen LogP contribution is 2.19. The number of nitro groups is 1. The van der Waals surface area contributed by atoms with Crippen LogP contribution in [0.25, 0.3) is 0 Å². The number of ether oxygens (including phenoxy) is 1. The maximum atomic E-state index is 12.3. The van der Waals surface area contributed by atoms with Crippen molar-refractivity contribution in [1.29, 1.82) is 0 Å². The van der Waals surface area contributed by atoms with E-state index in [1.165, 1.54) is 6.07 Å². The molecule has 2 aromatic rings. The smallest absolute Gasteiger partial charge is 0.273 e. The number of amides is 1. The quantitative estimate of drug-likeness (QED) is 0.607. The minimum Gasteiger partial charge on any atom is -0.497 e. The molecule has 0 unspecified atom stereocenters. The first kappa shape index (κ1) is 16.5. The van der Waals surface area contributed by atoms with Gasteiger partial charge in [0.2, 0.25) is 5.91 Å². The summed E-state index contributed by atoms with van der Waals surface area (Å²) < 4.78 is 5.09. The summed E-state index contributed by atoms with van der Waals surface area (Å²) in [7, 11) is 3.28. The first-order valence-corrected chi connectivity index (χ1v) is 7.10. The second kappa shape index (κ2) is 7.40. The summed E-state index contributed by atoms with van der Waals surface area (Å²) in [4.78, 5) is 24.4. The average molecular weight is 314 g/mol. The lowest BCUT2D eigenvalue weighted by Crippen LogP contribution is -2.27. The fourth-order valence-electron chi connectivity index (χ4n) is 2.23. The topological polar surface area (TPSA) is 72.7 Å². The molecule has 0 aliphatic heterocycles. The number of nitro benzene ring substituents is 1. The molecule has 0 atom stereocenters. The number of para-hydroxylation sites is 1. The summed E-state index contributed by atoms with van der Waals surface area (Å²) >= 11 is 0. The molecule has 2 aromatic carbocycles. The van der Waals surface area contributed by atoms with Gasteiger partial charge in [-0.15, -0.1) is 0 Å². The van der Waals surface area contributed by atoms with E-state index in [-0.39, 0.29) is 18.0 Å². The molecule has 23 heavy (non-hydrogen) atoms. The largest absolute Gasteiger partial charge is 0.497 e. The van der Waals surface area contributed by atoms with Crippen molar-refractivity contribution in [3.05, 3.63) is 69.8 Å². The third-order valence-electron chi connectivity index (χ3n) is 3.53. The SMILES string of the molecule is COc1ccc(CN(C)C(=O)Cc2ccccc2[N+](=O)[O-])cc1. The maximum Gasteiger partial charge on any atom is 0.273 e. The second-order valence-corrected chi connectivity index (χ2v) is 5.16. The van der Waals surface area contributed by atoms with E-state index in [0.29, 0.717) is 12.1 Å². The Hall–Kier alpha value is -2.89. The fraction of sp³-hybridized carbons (Fsp3) is 0.235. The number of carbonyl (C=O) groups is 1. The summed E-state index contributed by atoms with van der Waals surface area (Å²) in [5, 5.41) is 11.0. The highest BCUT2D eigenvalue weighted by molar-refractivity contribution is 5.79. The van der Waals surface area contributed by atoms with Crippen LogP contribution in [0.4, 0.5) is 5.69 Å². The van der Waals surface area contributed by atoms with Gasteiger partial charge < -0.3 is 9.64 Å². The van der Waals surface area contributed by atoms with Gasteiger partial charge in [-0.1, -0.05) is 30.3 Å². The van der Waals surface area contributed by atoms with Crippen molar-refractivity contribution >= 4 is 11.6 Å². The molecule has 0 N–H and O–H groups in total. The molecule has 0 bridgehead atoms. The van der Waals surface area contributed by atoms with Crippen LogP contribution in [0, 0.1) is 10.1 Å². The van der Waals surface area contributed by atoms with Gasteiger partial charge in [-0.25, -0.2) is 0 Å². The molecular formula is C17H18N2O4. The summed E-state index contributed by atoms with van der Waals surface area (Å²) in [6.07, 6.45) is 0.00378. The van der Waals surface area contributed by atoms with Gasteiger partial charge in [0.25, 0.3) is 5.69 Å². The molecule has 0 radical (unpaired) electrons. The zero-order chi connectivity index (χ0) is 16.8. The Labute approximate surface area is 134 Å². The first-order valence-electron chi connectivity index (χ1n) is 7.10. The van der Waals surface area contributed by atoms with Crippen LogP contribution in [0.2, 0.25) is 0 Å². The van der Waals surface area contributed by atoms with Crippen LogP contribution in [0.5, 0.6) is 5.75 Å². The van der Waals surface area contributed by atoms with Gasteiger partial charge >= 0.3 is 0 Å². The molecule has 6 heteroatoms. The average Bonchev–Trinajstić information content (AvgIpc) is 2.55. The molecule has 0 aliphatic rings. The number of hydrogen-bond acceptors (Lipinski definition) is 4. The molecule has 0 aliphatic carbocycles. The van der Waals surface area contributed by atoms with Crippen LogP contribution in [0.1, 0.15) is 11.1 Å². The molecule has 0 saturated heterocycles. The molecular weight excluding hydrogens is 296 g/mol. The van der Waals surface area contributed by atoms with E-state index < -0.39 is 4.92 Å². The van der Waals surface area contributed by atoms with E-state index in [4.69, 9.17) is 4.74 Å². The van der Waals surface area contributed by atoms with Crippen molar-refractivity contribution in [2.24, 2.45) is 0 Å². The zero-order valence-corrected chi connectivity index (χ0v) is 13.1. The van der Waals surface area contributed by atoms with Crippen molar-refractivity contribution in [2.75, 3.05) is 14.2 Å². The van der Waals surface area contributed by atoms with E-state index in [2.05, 4.69) is 0 Å². The molecule has 0 aromatic heterocycles. The highest BCUT2D eigenvalue weighted by atomic mass is 16.6. The number of carbonyl (C=O) groups excluding carboxylic acids is 1.